The van der Waals surface area contributed by atoms with Crippen LogP contribution in [-0.2, 0) is 4.74 Å². The highest BCUT2D eigenvalue weighted by molar-refractivity contribution is 5.89. The van der Waals surface area contributed by atoms with Crippen LogP contribution in [0.4, 0.5) is 0 Å². The second-order valence-electron chi connectivity index (χ2n) is 9.31. The molecule has 0 spiro atoms. The Bertz CT molecular complexity index is 912. The number of rotatable bonds is 7. The summed E-state index contributed by atoms with van der Waals surface area (Å²) in [5.74, 6) is 1.04. The molecule has 1 N–H and O–H groups in total. The zero-order chi connectivity index (χ0) is 21.3. The van der Waals surface area contributed by atoms with Crippen LogP contribution < -0.4 is 0 Å². The zero-order valence-corrected chi connectivity index (χ0v) is 19.1. The lowest BCUT2D eigenvalue weighted by Crippen LogP contribution is -2.57. The lowest BCUT2D eigenvalue weighted by molar-refractivity contribution is -0.0739. The summed E-state index contributed by atoms with van der Waals surface area (Å²) in [6, 6.07) is 5.33. The third kappa shape index (κ3) is 4.13. The van der Waals surface area contributed by atoms with Gasteiger partial charge >= 0.3 is 0 Å². The molecule has 1 aromatic carbocycles. The van der Waals surface area contributed by atoms with Gasteiger partial charge in [0.05, 0.1) is 11.6 Å². The number of ether oxygens (including phenoxy) is 1. The molecule has 4 heteroatoms. The molecule has 1 saturated heterocycles. The number of H-pyrrole nitrogens is 1. The van der Waals surface area contributed by atoms with Gasteiger partial charge in [-0.3, -0.25) is 10.00 Å². The number of aromatic amines is 1. The first kappa shape index (κ1) is 21.3. The number of benzene rings is 1. The number of hydrogen-bond acceptors (Lipinski definition) is 3. The van der Waals surface area contributed by atoms with Crippen LogP contribution >= 0.6 is 0 Å². The highest BCUT2D eigenvalue weighted by Crippen LogP contribution is 2.39. The molecular weight excluding hydrogens is 370 g/mol. The predicted octanol–water partition coefficient (Wildman–Crippen LogP) is 6.02. The van der Waals surface area contributed by atoms with E-state index < -0.39 is 0 Å². The predicted molar refractivity (Wildman–Crippen MR) is 126 cm³/mol. The smallest absolute Gasteiger partial charge is 0.0930 e. The zero-order valence-electron chi connectivity index (χ0n) is 19.1. The van der Waals surface area contributed by atoms with E-state index in [1.807, 2.05) is 6.92 Å². The molecule has 2 aliphatic rings. The van der Waals surface area contributed by atoms with Gasteiger partial charge in [-0.25, -0.2) is 0 Å². The second-order valence-corrected chi connectivity index (χ2v) is 9.31. The number of nitrogens with zero attached hydrogens (tertiary/aromatic N) is 2. The van der Waals surface area contributed by atoms with E-state index in [1.165, 1.54) is 47.9 Å². The fourth-order valence-corrected chi connectivity index (χ4v) is 5.29. The molecular formula is C26H37N3O. The van der Waals surface area contributed by atoms with Crippen LogP contribution in [0, 0.1) is 0 Å². The number of likely N-dealkylation sites (tertiary alicyclic amines) is 1. The van der Waals surface area contributed by atoms with Crippen LogP contribution in [0.3, 0.4) is 0 Å². The van der Waals surface area contributed by atoms with Gasteiger partial charge in [-0.1, -0.05) is 32.6 Å². The van der Waals surface area contributed by atoms with E-state index in [2.05, 4.69) is 61.6 Å². The molecule has 30 heavy (non-hydrogen) atoms. The van der Waals surface area contributed by atoms with Gasteiger partial charge in [0.1, 0.15) is 0 Å². The molecule has 2 aromatic rings. The first-order valence-corrected chi connectivity index (χ1v) is 11.7. The maximum Gasteiger partial charge on any atom is 0.0930 e. The third-order valence-corrected chi connectivity index (χ3v) is 6.99. The largest absolute Gasteiger partial charge is 0.376 e. The summed E-state index contributed by atoms with van der Waals surface area (Å²) in [5, 5.41) is 9.41. The summed E-state index contributed by atoms with van der Waals surface area (Å²) in [7, 11) is 0. The van der Waals surface area contributed by atoms with Gasteiger partial charge in [0, 0.05) is 42.7 Å². The summed E-state index contributed by atoms with van der Waals surface area (Å²) in [6.45, 7) is 16.0. The van der Waals surface area contributed by atoms with E-state index in [1.54, 1.807) is 0 Å². The first-order valence-electron chi connectivity index (χ1n) is 11.7. The Labute approximate surface area is 181 Å². The van der Waals surface area contributed by atoms with Crippen molar-refractivity contribution in [2.24, 2.45) is 0 Å². The molecule has 4 nitrogen and oxygen atoms in total. The summed E-state index contributed by atoms with van der Waals surface area (Å²) < 4.78 is 5.73. The van der Waals surface area contributed by atoms with E-state index in [0.29, 0.717) is 17.9 Å². The average Bonchev–Trinajstić information content (AvgIpc) is 3.13. The number of aromatic nitrogens is 2. The van der Waals surface area contributed by atoms with Gasteiger partial charge < -0.3 is 4.74 Å². The SMILES string of the molecule is C=C(/C=C/C)c1cc2n[nH]c(C3CCC(N4CC(OCC)C4)CC3)c2cc1C(C)C. The Morgan fingerprint density at radius 3 is 2.63 bits per heavy atom. The van der Waals surface area contributed by atoms with Crippen molar-refractivity contribution < 1.29 is 4.74 Å². The minimum absolute atomic E-state index is 0.453. The monoisotopic (exact) mass is 407 g/mol. The van der Waals surface area contributed by atoms with Crippen molar-refractivity contribution in [2.75, 3.05) is 19.7 Å². The summed E-state index contributed by atoms with van der Waals surface area (Å²) in [4.78, 5) is 2.62. The Kier molecular flexibility index (Phi) is 6.45. The van der Waals surface area contributed by atoms with Crippen LogP contribution in [0.1, 0.15) is 82.0 Å². The number of hydrogen-bond donors (Lipinski definition) is 1. The van der Waals surface area contributed by atoms with Gasteiger partial charge in [-0.2, -0.15) is 5.10 Å². The van der Waals surface area contributed by atoms with E-state index >= 15 is 0 Å². The quantitative estimate of drug-likeness (QED) is 0.570. The van der Waals surface area contributed by atoms with Crippen molar-refractivity contribution in [2.45, 2.75) is 77.4 Å². The summed E-state index contributed by atoms with van der Waals surface area (Å²) in [5.41, 5.74) is 6.06. The molecule has 0 atom stereocenters. The standard InChI is InChI=1S/C26H37N3O/c1-6-8-18(5)23-14-25-24(13-22(23)17(3)4)26(28-27-25)19-9-11-20(12-10-19)29-15-21(16-29)30-7-2/h6,8,13-14,17,19-21H,5,7,9-12,15-16H2,1-4H3,(H,27,28)/b8-6+. The fourth-order valence-electron chi connectivity index (χ4n) is 5.29. The van der Waals surface area contributed by atoms with Gasteiger partial charge in [0.25, 0.3) is 0 Å². The molecule has 0 bridgehead atoms. The van der Waals surface area contributed by atoms with Crippen LogP contribution in [0.25, 0.3) is 16.5 Å². The Morgan fingerprint density at radius 1 is 1.27 bits per heavy atom. The Hall–Kier alpha value is -1.91. The average molecular weight is 408 g/mol. The maximum atomic E-state index is 5.73. The van der Waals surface area contributed by atoms with Crippen molar-refractivity contribution in [1.29, 1.82) is 0 Å². The van der Waals surface area contributed by atoms with Gasteiger partial charge in [0.15, 0.2) is 0 Å². The normalized spacial score (nSPS) is 23.5. The van der Waals surface area contributed by atoms with E-state index in [9.17, 15) is 0 Å². The Morgan fingerprint density at radius 2 is 2.00 bits per heavy atom. The topological polar surface area (TPSA) is 41.2 Å². The number of allylic oxidation sites excluding steroid dienone is 3. The molecule has 0 radical (unpaired) electrons. The first-order chi connectivity index (χ1) is 14.5. The highest BCUT2D eigenvalue weighted by atomic mass is 16.5. The van der Waals surface area contributed by atoms with Gasteiger partial charge in [0.2, 0.25) is 0 Å². The van der Waals surface area contributed by atoms with Crippen molar-refractivity contribution in [3.8, 4) is 0 Å². The van der Waals surface area contributed by atoms with Crippen LogP contribution in [0.5, 0.6) is 0 Å². The van der Waals surface area contributed by atoms with Gasteiger partial charge in [-0.15, -0.1) is 0 Å². The molecule has 1 aromatic heterocycles. The van der Waals surface area contributed by atoms with Crippen LogP contribution in [-0.4, -0.2) is 46.9 Å². The summed E-state index contributed by atoms with van der Waals surface area (Å²) >= 11 is 0. The van der Waals surface area contributed by atoms with Crippen LogP contribution in [0.2, 0.25) is 0 Å². The second kappa shape index (κ2) is 9.07. The molecule has 0 unspecified atom stereocenters. The lowest BCUT2D eigenvalue weighted by atomic mass is 9.81. The van der Waals surface area contributed by atoms with E-state index in [-0.39, 0.29) is 0 Å². The molecule has 1 aliphatic carbocycles. The van der Waals surface area contributed by atoms with Crippen molar-refractivity contribution in [3.63, 3.8) is 0 Å². The van der Waals surface area contributed by atoms with Crippen LogP contribution in [0.15, 0.2) is 30.9 Å². The van der Waals surface area contributed by atoms with Gasteiger partial charge in [-0.05, 0) is 74.3 Å². The highest BCUT2D eigenvalue weighted by Gasteiger charge is 2.35. The molecule has 2 heterocycles. The molecule has 2 fully saturated rings. The van der Waals surface area contributed by atoms with Crippen molar-refractivity contribution in [3.05, 3.63) is 47.7 Å². The molecule has 1 aliphatic heterocycles. The minimum Gasteiger partial charge on any atom is -0.376 e. The third-order valence-electron chi connectivity index (χ3n) is 6.99. The van der Waals surface area contributed by atoms with E-state index in [0.717, 1.165) is 36.8 Å². The minimum atomic E-state index is 0.453. The molecule has 1 saturated carbocycles. The summed E-state index contributed by atoms with van der Waals surface area (Å²) in [6.07, 6.45) is 9.64. The lowest BCUT2D eigenvalue weighted by Gasteiger charge is -2.46. The molecule has 162 valence electrons. The van der Waals surface area contributed by atoms with Crippen molar-refractivity contribution >= 4 is 16.5 Å². The fraction of sp³-hybridized carbons (Fsp3) is 0.577. The number of fused-ring (bicyclic) bond motifs is 1. The molecule has 0 amide bonds. The molecule has 4 rings (SSSR count). The maximum absolute atomic E-state index is 5.73. The number of nitrogens with one attached hydrogen (secondary N) is 1. The Balaban J connectivity index is 1.50. The van der Waals surface area contributed by atoms with Crippen molar-refractivity contribution in [1.82, 2.24) is 15.1 Å². The van der Waals surface area contributed by atoms with E-state index in [4.69, 9.17) is 9.84 Å².